The van der Waals surface area contributed by atoms with E-state index in [1.807, 2.05) is 11.9 Å². The molecule has 0 bridgehead atoms. The van der Waals surface area contributed by atoms with Gasteiger partial charge < -0.3 is 10.2 Å². The van der Waals surface area contributed by atoms with Crippen LogP contribution in [-0.4, -0.2) is 50.1 Å². The normalized spacial score (nSPS) is 20.4. The Kier molecular flexibility index (Phi) is 5.33. The summed E-state index contributed by atoms with van der Waals surface area (Å²) in [4.78, 5) is 7.84. The molecule has 2 rings (SSSR count). The molecule has 0 aromatic carbocycles. The van der Waals surface area contributed by atoms with Crippen LogP contribution in [0.5, 0.6) is 0 Å². The molecule has 1 fully saturated rings. The highest BCUT2D eigenvalue weighted by molar-refractivity contribution is 8.01. The summed E-state index contributed by atoms with van der Waals surface area (Å²) in [5, 5.41) is 3.55. The quantitative estimate of drug-likeness (QED) is 0.876. The fourth-order valence-electron chi connectivity index (χ4n) is 2.22. The first-order valence-electron chi connectivity index (χ1n) is 6.63. The highest BCUT2D eigenvalue weighted by atomic mass is 32.2. The van der Waals surface area contributed by atoms with Gasteiger partial charge in [0.1, 0.15) is 5.37 Å². The number of thiazole rings is 1. The minimum absolute atomic E-state index is 0.445. The number of hydrogen-bond acceptors (Lipinski definition) is 7. The first kappa shape index (κ1) is 16.1. The van der Waals surface area contributed by atoms with Crippen LogP contribution in [0.25, 0.3) is 0 Å². The van der Waals surface area contributed by atoms with Crippen LogP contribution >= 0.6 is 23.1 Å². The fourth-order valence-corrected chi connectivity index (χ4v) is 6.34. The molecular weight excluding hydrogens is 314 g/mol. The molecule has 0 radical (unpaired) electrons. The number of thioether (sulfide) groups is 1. The third-order valence-electron chi connectivity index (χ3n) is 3.26. The average Bonchev–Trinajstić information content (AvgIpc) is 2.81. The largest absolute Gasteiger partial charge is 0.329 e. The number of sulfone groups is 1. The maximum atomic E-state index is 12.0. The zero-order valence-corrected chi connectivity index (χ0v) is 14.5. The van der Waals surface area contributed by atoms with Gasteiger partial charge in [-0.05, 0) is 13.5 Å². The van der Waals surface area contributed by atoms with Crippen molar-refractivity contribution in [3.05, 3.63) is 10.6 Å². The van der Waals surface area contributed by atoms with Gasteiger partial charge in [-0.15, -0.1) is 11.3 Å². The van der Waals surface area contributed by atoms with Gasteiger partial charge in [-0.1, -0.05) is 6.92 Å². The van der Waals surface area contributed by atoms with Crippen molar-refractivity contribution in [2.45, 2.75) is 25.3 Å². The maximum absolute atomic E-state index is 12.0. The Balaban J connectivity index is 2.33. The Labute approximate surface area is 129 Å². The van der Waals surface area contributed by atoms with Crippen molar-refractivity contribution in [3.8, 4) is 0 Å². The summed E-state index contributed by atoms with van der Waals surface area (Å²) < 4.78 is 23.9. The molecule has 8 heteroatoms. The Bertz CT molecular complexity index is 556. The van der Waals surface area contributed by atoms with E-state index in [-0.39, 0.29) is 0 Å². The molecule has 20 heavy (non-hydrogen) atoms. The van der Waals surface area contributed by atoms with E-state index in [4.69, 9.17) is 0 Å². The summed E-state index contributed by atoms with van der Waals surface area (Å²) in [6.45, 7) is 3.61. The van der Waals surface area contributed by atoms with E-state index >= 15 is 0 Å². The van der Waals surface area contributed by atoms with E-state index in [1.54, 1.807) is 23.1 Å². The van der Waals surface area contributed by atoms with Crippen LogP contribution in [0, 0.1) is 0 Å². The summed E-state index contributed by atoms with van der Waals surface area (Å²) in [7, 11) is -1.18. The minimum atomic E-state index is -3.09. The number of aromatic nitrogens is 1. The van der Waals surface area contributed by atoms with Crippen LogP contribution < -0.4 is 10.2 Å². The Morgan fingerprint density at radius 2 is 2.25 bits per heavy atom. The SMILES string of the molecule is CCc1nc(N2CCSCC2S(C)(=O)=O)sc1CNC. The van der Waals surface area contributed by atoms with Crippen LogP contribution in [0.3, 0.4) is 0 Å². The van der Waals surface area contributed by atoms with Gasteiger partial charge in [0.2, 0.25) is 0 Å². The van der Waals surface area contributed by atoms with Crippen molar-refractivity contribution in [3.63, 3.8) is 0 Å². The molecule has 1 unspecified atom stereocenters. The zero-order valence-electron chi connectivity index (χ0n) is 12.0. The van der Waals surface area contributed by atoms with E-state index in [1.165, 1.54) is 11.1 Å². The molecule has 5 nitrogen and oxygen atoms in total. The second-order valence-corrected chi connectivity index (χ2v) is 9.22. The smallest absolute Gasteiger partial charge is 0.186 e. The van der Waals surface area contributed by atoms with E-state index in [2.05, 4.69) is 17.2 Å². The lowest BCUT2D eigenvalue weighted by molar-refractivity contribution is 0.584. The van der Waals surface area contributed by atoms with Crippen LogP contribution in [-0.2, 0) is 22.8 Å². The summed E-state index contributed by atoms with van der Waals surface area (Å²) in [6, 6.07) is 0. The molecule has 1 aromatic heterocycles. The Morgan fingerprint density at radius 1 is 1.50 bits per heavy atom. The molecule has 2 heterocycles. The molecule has 1 aliphatic heterocycles. The second-order valence-electron chi connectivity index (χ2n) is 4.80. The number of aryl methyl sites for hydroxylation is 1. The summed E-state index contributed by atoms with van der Waals surface area (Å²) in [5.74, 6) is 1.58. The number of rotatable bonds is 5. The predicted molar refractivity (Wildman–Crippen MR) is 87.6 cm³/mol. The average molecular weight is 336 g/mol. The van der Waals surface area contributed by atoms with E-state index in [0.717, 1.165) is 36.1 Å². The molecule has 0 aliphatic carbocycles. The lowest BCUT2D eigenvalue weighted by Crippen LogP contribution is -2.47. The first-order chi connectivity index (χ1) is 9.47. The number of nitrogens with zero attached hydrogens (tertiary/aromatic N) is 2. The summed E-state index contributed by atoms with van der Waals surface area (Å²) >= 11 is 3.31. The lowest BCUT2D eigenvalue weighted by Gasteiger charge is -2.33. The van der Waals surface area contributed by atoms with Crippen molar-refractivity contribution in [2.24, 2.45) is 0 Å². The van der Waals surface area contributed by atoms with Gasteiger partial charge in [-0.2, -0.15) is 11.8 Å². The molecule has 1 aromatic rings. The predicted octanol–water partition coefficient (Wildman–Crippen LogP) is 1.35. The van der Waals surface area contributed by atoms with E-state index in [9.17, 15) is 8.42 Å². The fraction of sp³-hybridized carbons (Fsp3) is 0.750. The third kappa shape index (κ3) is 3.47. The number of anilines is 1. The van der Waals surface area contributed by atoms with Crippen LogP contribution in [0.15, 0.2) is 0 Å². The third-order valence-corrected chi connectivity index (χ3v) is 7.04. The standard InChI is InChI=1S/C12H21N3O2S3/c1-4-9-10(7-13-2)19-12(14-9)15-5-6-18-8-11(15)20(3,16)17/h11,13H,4-8H2,1-3H3. The van der Waals surface area contributed by atoms with Gasteiger partial charge >= 0.3 is 0 Å². The second kappa shape index (κ2) is 6.64. The highest BCUT2D eigenvalue weighted by Crippen LogP contribution is 2.32. The van der Waals surface area contributed by atoms with Crippen LogP contribution in [0.1, 0.15) is 17.5 Å². The topological polar surface area (TPSA) is 62.3 Å². The van der Waals surface area contributed by atoms with Gasteiger partial charge in [0, 0.05) is 35.7 Å². The number of nitrogens with one attached hydrogen (secondary N) is 1. The number of hydrogen-bond donors (Lipinski definition) is 1. The van der Waals surface area contributed by atoms with Gasteiger partial charge in [0.25, 0.3) is 0 Å². The minimum Gasteiger partial charge on any atom is -0.329 e. The molecule has 0 amide bonds. The molecule has 1 atom stereocenters. The van der Waals surface area contributed by atoms with Gasteiger partial charge in [0.05, 0.1) is 5.69 Å². The Hall–Kier alpha value is -0.310. The summed E-state index contributed by atoms with van der Waals surface area (Å²) in [6.07, 6.45) is 2.19. The van der Waals surface area contributed by atoms with E-state index in [0.29, 0.717) is 5.75 Å². The van der Waals surface area contributed by atoms with E-state index < -0.39 is 15.2 Å². The highest BCUT2D eigenvalue weighted by Gasteiger charge is 2.33. The molecule has 114 valence electrons. The molecule has 1 N–H and O–H groups in total. The monoisotopic (exact) mass is 335 g/mol. The maximum Gasteiger partial charge on any atom is 0.186 e. The van der Waals surface area contributed by atoms with Gasteiger partial charge in [0.15, 0.2) is 15.0 Å². The molecule has 0 saturated carbocycles. The molecule has 1 aliphatic rings. The van der Waals surface area contributed by atoms with Crippen molar-refractivity contribution in [1.82, 2.24) is 10.3 Å². The van der Waals surface area contributed by atoms with Crippen LogP contribution in [0.2, 0.25) is 0 Å². The summed E-state index contributed by atoms with van der Waals surface area (Å²) in [5.41, 5.74) is 1.07. The molecule has 1 saturated heterocycles. The molecular formula is C12H21N3O2S3. The molecule has 0 spiro atoms. The zero-order chi connectivity index (χ0) is 14.8. The van der Waals surface area contributed by atoms with Gasteiger partial charge in [-0.3, -0.25) is 0 Å². The van der Waals surface area contributed by atoms with Crippen molar-refractivity contribution in [1.29, 1.82) is 0 Å². The van der Waals surface area contributed by atoms with Crippen LogP contribution in [0.4, 0.5) is 5.13 Å². The van der Waals surface area contributed by atoms with Crippen molar-refractivity contribution < 1.29 is 8.42 Å². The first-order valence-corrected chi connectivity index (χ1v) is 10.6. The van der Waals surface area contributed by atoms with Crippen molar-refractivity contribution in [2.75, 3.05) is 36.3 Å². The Morgan fingerprint density at radius 3 is 2.85 bits per heavy atom. The van der Waals surface area contributed by atoms with Gasteiger partial charge in [-0.25, -0.2) is 13.4 Å². The lowest BCUT2D eigenvalue weighted by atomic mass is 10.3. The van der Waals surface area contributed by atoms with Crippen molar-refractivity contribution >= 4 is 38.1 Å².